The molecule has 0 saturated carbocycles. The van der Waals surface area contributed by atoms with Gasteiger partial charge in [0, 0.05) is 43.2 Å². The number of nitrogens with zero attached hydrogens (tertiary/aromatic N) is 3. The van der Waals surface area contributed by atoms with Crippen molar-refractivity contribution in [1.82, 2.24) is 9.80 Å². The van der Waals surface area contributed by atoms with Gasteiger partial charge in [-0.2, -0.15) is 13.2 Å². The minimum atomic E-state index is -5.08. The van der Waals surface area contributed by atoms with Crippen molar-refractivity contribution in [3.05, 3.63) is 29.8 Å². The predicted octanol–water partition coefficient (Wildman–Crippen LogP) is 2.12. The smallest absolute Gasteiger partial charge is 0.475 e. The zero-order valence-electron chi connectivity index (χ0n) is 16.9. The molecule has 0 bridgehead atoms. The lowest BCUT2D eigenvalue weighted by molar-refractivity contribution is -0.192. The van der Waals surface area contributed by atoms with Gasteiger partial charge in [-0.05, 0) is 32.6 Å². The van der Waals surface area contributed by atoms with Crippen molar-refractivity contribution < 1.29 is 41.4 Å². The van der Waals surface area contributed by atoms with Crippen LogP contribution < -0.4 is 4.90 Å². The third-order valence-corrected chi connectivity index (χ3v) is 5.02. The van der Waals surface area contributed by atoms with Crippen molar-refractivity contribution >= 4 is 23.5 Å². The van der Waals surface area contributed by atoms with E-state index in [1.54, 1.807) is 4.90 Å². The van der Waals surface area contributed by atoms with E-state index < -0.39 is 23.8 Å². The molecule has 0 radical (unpaired) electrons. The van der Waals surface area contributed by atoms with Gasteiger partial charge in [-0.1, -0.05) is 0 Å². The zero-order valence-corrected chi connectivity index (χ0v) is 16.9. The molecule has 172 valence electrons. The second-order valence-electron chi connectivity index (χ2n) is 7.86. The second-order valence-corrected chi connectivity index (χ2v) is 7.86. The number of carboxylic acids is 1. The molecule has 3 rings (SSSR count). The van der Waals surface area contributed by atoms with Crippen LogP contribution in [0.1, 0.15) is 12.8 Å². The number of likely N-dealkylation sites (N-methyl/N-ethyl adjacent to an activating group) is 1. The average molecular weight is 451 g/mol. The molecule has 2 aliphatic heterocycles. The number of rotatable bonds is 3. The van der Waals surface area contributed by atoms with Crippen molar-refractivity contribution in [2.75, 3.05) is 45.2 Å². The van der Waals surface area contributed by atoms with Crippen molar-refractivity contribution in [2.24, 2.45) is 5.41 Å². The predicted molar refractivity (Wildman–Crippen MR) is 99.2 cm³/mol. The maximum atomic E-state index is 13.4. The van der Waals surface area contributed by atoms with Gasteiger partial charge in [0.2, 0.25) is 11.8 Å². The molecule has 1 spiro atoms. The second kappa shape index (κ2) is 9.16. The van der Waals surface area contributed by atoms with Gasteiger partial charge in [0.05, 0.1) is 6.54 Å². The molecule has 1 unspecified atom stereocenters. The van der Waals surface area contributed by atoms with Crippen molar-refractivity contribution in [1.29, 1.82) is 0 Å². The van der Waals surface area contributed by atoms with Gasteiger partial charge in [0.1, 0.15) is 0 Å². The first-order chi connectivity index (χ1) is 14.2. The van der Waals surface area contributed by atoms with Crippen LogP contribution in [0.5, 0.6) is 0 Å². The number of carbonyl (C=O) groups is 3. The van der Waals surface area contributed by atoms with Crippen LogP contribution in [0.2, 0.25) is 0 Å². The van der Waals surface area contributed by atoms with Crippen LogP contribution in [0.25, 0.3) is 0 Å². The number of amides is 2. The van der Waals surface area contributed by atoms with Gasteiger partial charge in [-0.3, -0.25) is 9.59 Å². The molecule has 1 atom stereocenters. The summed E-state index contributed by atoms with van der Waals surface area (Å²) >= 11 is 0. The minimum absolute atomic E-state index is 0.0515. The Balaban J connectivity index is 0.000000423. The summed E-state index contributed by atoms with van der Waals surface area (Å²) in [6.07, 6.45) is -4.00. The molecule has 2 aliphatic rings. The van der Waals surface area contributed by atoms with Gasteiger partial charge < -0.3 is 19.8 Å². The van der Waals surface area contributed by atoms with E-state index in [-0.39, 0.29) is 17.2 Å². The van der Waals surface area contributed by atoms with Crippen molar-refractivity contribution in [2.45, 2.75) is 19.0 Å². The van der Waals surface area contributed by atoms with Crippen LogP contribution in [0.15, 0.2) is 18.2 Å². The first kappa shape index (κ1) is 24.5. The number of aliphatic carboxylic acids is 1. The van der Waals surface area contributed by atoms with E-state index >= 15 is 0 Å². The summed E-state index contributed by atoms with van der Waals surface area (Å²) in [7, 11) is 3.68. The molecule has 0 aromatic heterocycles. The third kappa shape index (κ3) is 6.12. The van der Waals surface area contributed by atoms with Gasteiger partial charge in [0.15, 0.2) is 11.6 Å². The SMILES string of the molecule is CN(C)CC(=O)N1CCC2(CC(=O)N(c3ccc(F)c(F)c3)C2)C1.O=C(O)C(F)(F)F. The molecule has 2 saturated heterocycles. The number of carboxylic acid groups (broad SMARTS) is 1. The first-order valence-electron chi connectivity index (χ1n) is 9.22. The number of likely N-dealkylation sites (tertiary alicyclic amines) is 1. The Labute approximate surface area is 175 Å². The monoisotopic (exact) mass is 451 g/mol. The fourth-order valence-corrected chi connectivity index (χ4v) is 3.58. The van der Waals surface area contributed by atoms with E-state index in [0.717, 1.165) is 18.6 Å². The number of carbonyl (C=O) groups excluding carboxylic acids is 2. The van der Waals surface area contributed by atoms with E-state index in [0.29, 0.717) is 38.3 Å². The standard InChI is InChI=1S/C17H21F2N3O2.C2HF3O2/c1-20(2)9-16(24)21-6-5-17(10-21)8-15(23)22(11-17)12-3-4-13(18)14(19)7-12;3-2(4,5)1(6)7/h3-4,7H,5-6,8-11H2,1-2H3;(H,6,7). The molecule has 2 fully saturated rings. The fraction of sp³-hybridized carbons (Fsp3) is 0.526. The lowest BCUT2D eigenvalue weighted by Gasteiger charge is -2.25. The van der Waals surface area contributed by atoms with Gasteiger partial charge in [0.25, 0.3) is 0 Å². The number of hydrogen-bond donors (Lipinski definition) is 1. The lowest BCUT2D eigenvalue weighted by Crippen LogP contribution is -2.38. The summed E-state index contributed by atoms with van der Waals surface area (Å²) in [5.74, 6) is -4.71. The summed E-state index contributed by atoms with van der Waals surface area (Å²) < 4.78 is 58.3. The lowest BCUT2D eigenvalue weighted by atomic mass is 9.86. The number of hydrogen-bond acceptors (Lipinski definition) is 4. The number of benzene rings is 1. The molecular weight excluding hydrogens is 429 g/mol. The van der Waals surface area contributed by atoms with Crippen LogP contribution in [0.4, 0.5) is 27.6 Å². The van der Waals surface area contributed by atoms with Crippen LogP contribution >= 0.6 is 0 Å². The molecule has 1 N–H and O–H groups in total. The molecule has 1 aromatic carbocycles. The zero-order chi connectivity index (χ0) is 23.6. The molecule has 1 aromatic rings. The molecular formula is C19H22F5N3O4. The third-order valence-electron chi connectivity index (χ3n) is 5.02. The van der Waals surface area contributed by atoms with Crippen LogP contribution in [-0.2, 0) is 14.4 Å². The Morgan fingerprint density at radius 2 is 1.77 bits per heavy atom. The molecule has 0 aliphatic carbocycles. The molecule has 2 amide bonds. The van der Waals surface area contributed by atoms with Crippen LogP contribution in [0, 0.1) is 17.0 Å². The van der Waals surface area contributed by atoms with E-state index in [1.807, 2.05) is 19.0 Å². The Morgan fingerprint density at radius 1 is 1.16 bits per heavy atom. The highest BCUT2D eigenvalue weighted by atomic mass is 19.4. The Hall–Kier alpha value is -2.76. The van der Waals surface area contributed by atoms with Crippen LogP contribution in [-0.4, -0.2) is 79.1 Å². The molecule has 31 heavy (non-hydrogen) atoms. The van der Waals surface area contributed by atoms with Crippen molar-refractivity contribution in [3.63, 3.8) is 0 Å². The topological polar surface area (TPSA) is 81.2 Å². The average Bonchev–Trinajstić information content (AvgIpc) is 3.20. The summed E-state index contributed by atoms with van der Waals surface area (Å²) in [6.45, 7) is 1.94. The molecule has 7 nitrogen and oxygen atoms in total. The number of halogens is 5. The summed E-state index contributed by atoms with van der Waals surface area (Å²) in [5.41, 5.74) is 0.0815. The van der Waals surface area contributed by atoms with E-state index in [9.17, 15) is 31.5 Å². The Morgan fingerprint density at radius 3 is 2.29 bits per heavy atom. The minimum Gasteiger partial charge on any atom is -0.475 e. The quantitative estimate of drug-likeness (QED) is 0.713. The van der Waals surface area contributed by atoms with E-state index in [2.05, 4.69) is 0 Å². The fourth-order valence-electron chi connectivity index (χ4n) is 3.58. The van der Waals surface area contributed by atoms with Gasteiger partial charge in [-0.15, -0.1) is 0 Å². The summed E-state index contributed by atoms with van der Waals surface area (Å²) in [4.78, 5) is 38.6. The highest BCUT2D eigenvalue weighted by Gasteiger charge is 2.48. The molecule has 2 heterocycles. The summed E-state index contributed by atoms with van der Waals surface area (Å²) in [6, 6.07) is 3.50. The maximum Gasteiger partial charge on any atom is 0.490 e. The Kier molecular flexibility index (Phi) is 7.25. The maximum absolute atomic E-state index is 13.4. The first-order valence-corrected chi connectivity index (χ1v) is 9.22. The highest BCUT2D eigenvalue weighted by molar-refractivity contribution is 5.96. The van der Waals surface area contributed by atoms with Gasteiger partial charge in [-0.25, -0.2) is 13.6 Å². The number of anilines is 1. The number of alkyl halides is 3. The van der Waals surface area contributed by atoms with Crippen molar-refractivity contribution in [3.8, 4) is 0 Å². The summed E-state index contributed by atoms with van der Waals surface area (Å²) in [5, 5.41) is 7.12. The van der Waals surface area contributed by atoms with E-state index in [1.165, 1.54) is 11.0 Å². The van der Waals surface area contributed by atoms with E-state index in [4.69, 9.17) is 9.90 Å². The molecule has 12 heteroatoms. The van der Waals surface area contributed by atoms with Gasteiger partial charge >= 0.3 is 12.1 Å². The highest BCUT2D eigenvalue weighted by Crippen LogP contribution is 2.42. The largest absolute Gasteiger partial charge is 0.490 e. The Bertz CT molecular complexity index is 861. The van der Waals surface area contributed by atoms with Crippen LogP contribution in [0.3, 0.4) is 0 Å². The normalized spacial score (nSPS) is 21.0.